The second-order valence-corrected chi connectivity index (χ2v) is 5.65. The van der Waals surface area contributed by atoms with Gasteiger partial charge in [-0.05, 0) is 33.1 Å². The molecule has 1 saturated heterocycles. The molecule has 1 atom stereocenters. The molecule has 5 heteroatoms. The van der Waals surface area contributed by atoms with Crippen LogP contribution in [0.5, 0.6) is 0 Å². The van der Waals surface area contributed by atoms with Gasteiger partial charge in [-0.25, -0.2) is 4.98 Å². The maximum atomic E-state index is 11.7. The summed E-state index contributed by atoms with van der Waals surface area (Å²) in [7, 11) is 0. The number of nitrogens with zero attached hydrogens (tertiary/aromatic N) is 3. The van der Waals surface area contributed by atoms with Crippen molar-refractivity contribution in [1.29, 1.82) is 0 Å². The van der Waals surface area contributed by atoms with Gasteiger partial charge < -0.3 is 14.8 Å². The van der Waals surface area contributed by atoms with Crippen molar-refractivity contribution in [3.8, 4) is 0 Å². The lowest BCUT2D eigenvalue weighted by molar-refractivity contribution is -0.133. The normalized spacial score (nSPS) is 17.5. The van der Waals surface area contributed by atoms with E-state index in [1.54, 1.807) is 0 Å². The van der Waals surface area contributed by atoms with Crippen molar-refractivity contribution in [3.63, 3.8) is 0 Å². The van der Waals surface area contributed by atoms with Gasteiger partial charge >= 0.3 is 0 Å². The van der Waals surface area contributed by atoms with Crippen LogP contribution in [-0.4, -0.2) is 46.0 Å². The van der Waals surface area contributed by atoms with Crippen molar-refractivity contribution in [3.05, 3.63) is 18.2 Å². The van der Waals surface area contributed by atoms with Gasteiger partial charge in [-0.3, -0.25) is 4.79 Å². The summed E-state index contributed by atoms with van der Waals surface area (Å²) in [6.45, 7) is 7.87. The van der Waals surface area contributed by atoms with E-state index >= 15 is 0 Å². The standard InChI is InChI=1S/C15H26N4O/c1-13(6-10-18-11-8-17-14(18)2)16-7-12-19-9-4-3-5-15(19)20/h8,11,13,16H,3-7,9-10,12H2,1-2H3/t13-/m1/s1. The van der Waals surface area contributed by atoms with Crippen LogP contribution < -0.4 is 5.32 Å². The van der Waals surface area contributed by atoms with E-state index in [2.05, 4.69) is 21.8 Å². The van der Waals surface area contributed by atoms with Crippen molar-refractivity contribution in [1.82, 2.24) is 19.8 Å². The molecule has 5 nitrogen and oxygen atoms in total. The lowest BCUT2D eigenvalue weighted by Gasteiger charge is -2.27. The van der Waals surface area contributed by atoms with E-state index in [4.69, 9.17) is 0 Å². The largest absolute Gasteiger partial charge is 0.341 e. The van der Waals surface area contributed by atoms with E-state index in [9.17, 15) is 4.79 Å². The monoisotopic (exact) mass is 278 g/mol. The Hall–Kier alpha value is -1.36. The molecule has 2 rings (SSSR count). The number of imidazole rings is 1. The number of hydrogen-bond acceptors (Lipinski definition) is 3. The fourth-order valence-electron chi connectivity index (χ4n) is 2.62. The van der Waals surface area contributed by atoms with Gasteiger partial charge in [0, 0.05) is 51.0 Å². The fraction of sp³-hybridized carbons (Fsp3) is 0.733. The molecule has 2 heterocycles. The molecule has 1 N–H and O–H groups in total. The molecule has 20 heavy (non-hydrogen) atoms. The zero-order valence-corrected chi connectivity index (χ0v) is 12.6. The SMILES string of the molecule is Cc1nccn1CC[C@@H](C)NCCN1CCCCC1=O. The Bertz CT molecular complexity index is 429. The number of aromatic nitrogens is 2. The molecule has 0 aromatic carbocycles. The van der Waals surface area contributed by atoms with Gasteiger partial charge in [-0.1, -0.05) is 0 Å². The Morgan fingerprint density at radius 1 is 1.40 bits per heavy atom. The summed E-state index contributed by atoms with van der Waals surface area (Å²) in [4.78, 5) is 17.9. The number of nitrogens with one attached hydrogen (secondary N) is 1. The van der Waals surface area contributed by atoms with Gasteiger partial charge in [0.2, 0.25) is 5.91 Å². The second kappa shape index (κ2) is 7.43. The number of likely N-dealkylation sites (tertiary alicyclic amines) is 1. The maximum Gasteiger partial charge on any atom is 0.222 e. The van der Waals surface area contributed by atoms with Gasteiger partial charge in [-0.2, -0.15) is 0 Å². The Kier molecular flexibility index (Phi) is 5.59. The average Bonchev–Trinajstić information content (AvgIpc) is 2.84. The molecular weight excluding hydrogens is 252 g/mol. The number of hydrogen-bond donors (Lipinski definition) is 1. The van der Waals surface area contributed by atoms with E-state index in [0.29, 0.717) is 11.9 Å². The van der Waals surface area contributed by atoms with Crippen LogP contribution in [0.15, 0.2) is 12.4 Å². The van der Waals surface area contributed by atoms with Gasteiger partial charge in [0.1, 0.15) is 5.82 Å². The highest BCUT2D eigenvalue weighted by molar-refractivity contribution is 5.76. The predicted octanol–water partition coefficient (Wildman–Crippen LogP) is 1.57. The van der Waals surface area contributed by atoms with Crippen LogP contribution in [0.25, 0.3) is 0 Å². The van der Waals surface area contributed by atoms with E-state index in [-0.39, 0.29) is 0 Å². The van der Waals surface area contributed by atoms with Crippen LogP contribution in [0.4, 0.5) is 0 Å². The topological polar surface area (TPSA) is 50.2 Å². The van der Waals surface area contributed by atoms with Crippen LogP contribution >= 0.6 is 0 Å². The number of amides is 1. The Morgan fingerprint density at radius 2 is 2.25 bits per heavy atom. The second-order valence-electron chi connectivity index (χ2n) is 5.65. The van der Waals surface area contributed by atoms with Crippen molar-refractivity contribution in [2.24, 2.45) is 0 Å². The highest BCUT2D eigenvalue weighted by atomic mass is 16.2. The summed E-state index contributed by atoms with van der Waals surface area (Å²) in [5.41, 5.74) is 0. The van der Waals surface area contributed by atoms with Crippen molar-refractivity contribution in [2.45, 2.75) is 52.1 Å². The van der Waals surface area contributed by atoms with Crippen molar-refractivity contribution >= 4 is 5.91 Å². The minimum atomic E-state index is 0.319. The minimum Gasteiger partial charge on any atom is -0.341 e. The highest BCUT2D eigenvalue weighted by Crippen LogP contribution is 2.09. The molecule has 1 fully saturated rings. The first-order valence-corrected chi connectivity index (χ1v) is 7.65. The molecule has 1 aliphatic rings. The summed E-state index contributed by atoms with van der Waals surface area (Å²) < 4.78 is 2.17. The Balaban J connectivity index is 1.61. The smallest absolute Gasteiger partial charge is 0.222 e. The molecule has 0 spiro atoms. The number of rotatable bonds is 7. The van der Waals surface area contributed by atoms with Crippen molar-refractivity contribution < 1.29 is 4.79 Å². The molecule has 0 aliphatic carbocycles. The van der Waals surface area contributed by atoms with Crippen molar-refractivity contribution in [2.75, 3.05) is 19.6 Å². The molecule has 0 radical (unpaired) electrons. The first kappa shape index (κ1) is 15.0. The molecule has 1 aromatic rings. The summed E-state index contributed by atoms with van der Waals surface area (Å²) in [5.74, 6) is 1.39. The van der Waals surface area contributed by atoms with Gasteiger partial charge in [-0.15, -0.1) is 0 Å². The van der Waals surface area contributed by atoms with Crippen LogP contribution in [0.3, 0.4) is 0 Å². The zero-order chi connectivity index (χ0) is 14.4. The number of piperidine rings is 1. The van der Waals surface area contributed by atoms with E-state index in [1.807, 2.05) is 24.2 Å². The predicted molar refractivity (Wildman–Crippen MR) is 79.5 cm³/mol. The highest BCUT2D eigenvalue weighted by Gasteiger charge is 2.17. The van der Waals surface area contributed by atoms with Crippen LogP contribution in [0, 0.1) is 6.92 Å². The molecule has 1 aliphatic heterocycles. The molecule has 112 valence electrons. The molecule has 0 saturated carbocycles. The number of carbonyl (C=O) groups excluding carboxylic acids is 1. The summed E-state index contributed by atoms with van der Waals surface area (Å²) in [6.07, 6.45) is 7.88. The molecular formula is C15H26N4O. The third-order valence-electron chi connectivity index (χ3n) is 4.02. The molecule has 1 amide bonds. The van der Waals surface area contributed by atoms with E-state index < -0.39 is 0 Å². The summed E-state index contributed by atoms with van der Waals surface area (Å²) in [6, 6.07) is 0.455. The van der Waals surface area contributed by atoms with Gasteiger partial charge in [0.25, 0.3) is 0 Å². The van der Waals surface area contributed by atoms with Crippen LogP contribution in [0.1, 0.15) is 38.4 Å². The van der Waals surface area contributed by atoms with Crippen LogP contribution in [0.2, 0.25) is 0 Å². The lowest BCUT2D eigenvalue weighted by Crippen LogP contribution is -2.41. The first-order chi connectivity index (χ1) is 9.66. The number of aryl methyl sites for hydroxylation is 2. The summed E-state index contributed by atoms with van der Waals surface area (Å²) >= 11 is 0. The van der Waals surface area contributed by atoms with E-state index in [0.717, 1.165) is 57.7 Å². The molecule has 1 aromatic heterocycles. The maximum absolute atomic E-state index is 11.7. The minimum absolute atomic E-state index is 0.319. The zero-order valence-electron chi connectivity index (χ0n) is 12.6. The van der Waals surface area contributed by atoms with E-state index in [1.165, 1.54) is 0 Å². The fourth-order valence-corrected chi connectivity index (χ4v) is 2.62. The Labute approximate surface area is 121 Å². The third kappa shape index (κ3) is 4.34. The van der Waals surface area contributed by atoms with Gasteiger partial charge in [0.15, 0.2) is 0 Å². The lowest BCUT2D eigenvalue weighted by atomic mass is 10.1. The number of carbonyl (C=O) groups is 1. The average molecular weight is 278 g/mol. The molecule has 0 bridgehead atoms. The molecule has 0 unspecified atom stereocenters. The quantitative estimate of drug-likeness (QED) is 0.823. The van der Waals surface area contributed by atoms with Crippen LogP contribution in [-0.2, 0) is 11.3 Å². The Morgan fingerprint density at radius 3 is 2.95 bits per heavy atom. The first-order valence-electron chi connectivity index (χ1n) is 7.65. The summed E-state index contributed by atoms with van der Waals surface area (Å²) in [5, 5.41) is 3.50. The third-order valence-corrected chi connectivity index (χ3v) is 4.02. The van der Waals surface area contributed by atoms with Gasteiger partial charge in [0.05, 0.1) is 0 Å².